The Balaban J connectivity index is 1.68. The van der Waals surface area contributed by atoms with Crippen molar-refractivity contribution in [1.29, 1.82) is 0 Å². The molecule has 1 fully saturated rings. The van der Waals surface area contributed by atoms with Crippen molar-refractivity contribution < 1.29 is 9.53 Å². The number of rotatable bonds is 11. The fourth-order valence-electron chi connectivity index (χ4n) is 4.00. The van der Waals surface area contributed by atoms with Crippen LogP contribution in [0.5, 0.6) is 0 Å². The molecular formula is C26H37N3O3. The molecule has 6 heteroatoms. The van der Waals surface area contributed by atoms with Crippen LogP contribution in [0.3, 0.4) is 0 Å². The number of aryl methyl sites for hydroxylation is 2. The van der Waals surface area contributed by atoms with Crippen LogP contribution in [-0.2, 0) is 24.1 Å². The number of carbonyl (C=O) groups is 1. The molecule has 1 saturated heterocycles. The molecule has 32 heavy (non-hydrogen) atoms. The second kappa shape index (κ2) is 12.6. The zero-order valence-electron chi connectivity index (χ0n) is 19.6. The first-order valence-electron chi connectivity index (χ1n) is 12.0. The molecule has 1 aliphatic heterocycles. The van der Waals surface area contributed by atoms with Crippen LogP contribution in [0.2, 0.25) is 0 Å². The fourth-order valence-corrected chi connectivity index (χ4v) is 4.00. The first-order chi connectivity index (χ1) is 15.6. The Morgan fingerprint density at radius 2 is 1.72 bits per heavy atom. The maximum Gasteiger partial charge on any atom is 0.263 e. The largest absolute Gasteiger partial charge is 0.379 e. The molecule has 0 atom stereocenters. The summed E-state index contributed by atoms with van der Waals surface area (Å²) in [6.45, 7) is 9.81. The molecule has 174 valence electrons. The third-order valence-electron chi connectivity index (χ3n) is 6.02. The Morgan fingerprint density at radius 1 is 1.00 bits per heavy atom. The lowest BCUT2D eigenvalue weighted by Crippen LogP contribution is -2.38. The van der Waals surface area contributed by atoms with Gasteiger partial charge in [-0.05, 0) is 55.0 Å². The summed E-state index contributed by atoms with van der Waals surface area (Å²) in [7, 11) is 0. The molecule has 1 aromatic carbocycles. The third-order valence-corrected chi connectivity index (χ3v) is 6.02. The van der Waals surface area contributed by atoms with E-state index < -0.39 is 0 Å². The predicted molar refractivity (Wildman–Crippen MR) is 128 cm³/mol. The van der Waals surface area contributed by atoms with Crippen molar-refractivity contribution in [2.75, 3.05) is 39.4 Å². The van der Waals surface area contributed by atoms with E-state index in [-0.39, 0.29) is 17.0 Å². The summed E-state index contributed by atoms with van der Waals surface area (Å²) in [6.07, 6.45) is 6.40. The normalized spacial score (nSPS) is 14.4. The van der Waals surface area contributed by atoms with E-state index in [4.69, 9.17) is 4.74 Å². The van der Waals surface area contributed by atoms with Gasteiger partial charge < -0.3 is 14.6 Å². The molecule has 6 nitrogen and oxygen atoms in total. The number of amides is 1. The molecule has 2 heterocycles. The number of benzene rings is 1. The monoisotopic (exact) mass is 439 g/mol. The van der Waals surface area contributed by atoms with E-state index >= 15 is 0 Å². The molecule has 0 radical (unpaired) electrons. The zero-order chi connectivity index (χ0) is 22.8. The molecule has 3 rings (SSSR count). The Labute approximate surface area is 191 Å². The van der Waals surface area contributed by atoms with Gasteiger partial charge in [-0.25, -0.2) is 0 Å². The molecule has 1 aliphatic rings. The third kappa shape index (κ3) is 7.04. The SMILES string of the molecule is CCCCn1cc(Cc2ccc(CC)cc2)cc(C(=O)NCCCN2CCOCC2)c1=O. The molecule has 0 spiro atoms. The zero-order valence-corrected chi connectivity index (χ0v) is 19.6. The maximum absolute atomic E-state index is 13.0. The number of morpholine rings is 1. The highest BCUT2D eigenvalue weighted by atomic mass is 16.5. The van der Waals surface area contributed by atoms with Gasteiger partial charge in [-0.2, -0.15) is 0 Å². The van der Waals surface area contributed by atoms with Crippen molar-refractivity contribution in [3.8, 4) is 0 Å². The number of ether oxygens (including phenoxy) is 1. The van der Waals surface area contributed by atoms with Crippen LogP contribution in [0.25, 0.3) is 0 Å². The highest BCUT2D eigenvalue weighted by Crippen LogP contribution is 2.12. The summed E-state index contributed by atoms with van der Waals surface area (Å²) in [5.41, 5.74) is 3.52. The minimum Gasteiger partial charge on any atom is -0.379 e. The summed E-state index contributed by atoms with van der Waals surface area (Å²) in [5, 5.41) is 2.96. The molecule has 1 aromatic heterocycles. The van der Waals surface area contributed by atoms with Crippen molar-refractivity contribution in [2.45, 2.75) is 52.5 Å². The standard InChI is InChI=1S/C26H37N3O3/c1-3-5-13-29-20-23(18-22-9-7-21(4-2)8-10-22)19-24(26(29)31)25(30)27-11-6-12-28-14-16-32-17-15-28/h7-10,19-20H,3-6,11-18H2,1-2H3,(H,27,30). The van der Waals surface area contributed by atoms with Crippen molar-refractivity contribution in [2.24, 2.45) is 0 Å². The fraction of sp³-hybridized carbons (Fsp3) is 0.538. The quantitative estimate of drug-likeness (QED) is 0.546. The number of carbonyl (C=O) groups excluding carboxylic acids is 1. The van der Waals surface area contributed by atoms with E-state index in [1.54, 1.807) is 10.6 Å². The van der Waals surface area contributed by atoms with E-state index in [1.807, 2.05) is 6.20 Å². The van der Waals surface area contributed by atoms with Crippen molar-refractivity contribution in [3.63, 3.8) is 0 Å². The number of nitrogens with one attached hydrogen (secondary N) is 1. The number of nitrogens with zero attached hydrogens (tertiary/aromatic N) is 2. The highest BCUT2D eigenvalue weighted by Gasteiger charge is 2.15. The second-order valence-electron chi connectivity index (χ2n) is 8.52. The Bertz CT molecular complexity index is 915. The predicted octanol–water partition coefficient (Wildman–Crippen LogP) is 3.25. The average Bonchev–Trinajstić information content (AvgIpc) is 2.83. The van der Waals surface area contributed by atoms with Crippen LogP contribution in [0.1, 0.15) is 60.2 Å². The summed E-state index contributed by atoms with van der Waals surface area (Å²) in [4.78, 5) is 28.2. The van der Waals surface area contributed by atoms with E-state index in [9.17, 15) is 9.59 Å². The number of unbranched alkanes of at least 4 members (excludes halogenated alkanes) is 1. The van der Waals surface area contributed by atoms with Crippen LogP contribution in [0.15, 0.2) is 41.3 Å². The van der Waals surface area contributed by atoms with Crippen LogP contribution in [-0.4, -0.2) is 54.8 Å². The molecular weight excluding hydrogens is 402 g/mol. The number of pyridine rings is 1. The van der Waals surface area contributed by atoms with Crippen LogP contribution in [0, 0.1) is 0 Å². The minimum absolute atomic E-state index is 0.200. The molecule has 1 N–H and O–H groups in total. The van der Waals surface area contributed by atoms with E-state index in [0.717, 1.165) is 64.1 Å². The van der Waals surface area contributed by atoms with Gasteiger partial charge in [-0.15, -0.1) is 0 Å². The summed E-state index contributed by atoms with van der Waals surface area (Å²) < 4.78 is 7.08. The van der Waals surface area contributed by atoms with Gasteiger partial charge in [0.1, 0.15) is 5.56 Å². The summed E-state index contributed by atoms with van der Waals surface area (Å²) in [6, 6.07) is 10.3. The van der Waals surface area contributed by atoms with Gasteiger partial charge in [-0.3, -0.25) is 14.5 Å². The molecule has 2 aromatic rings. The van der Waals surface area contributed by atoms with Crippen molar-refractivity contribution in [1.82, 2.24) is 14.8 Å². The average molecular weight is 440 g/mol. The number of hydrogen-bond donors (Lipinski definition) is 1. The second-order valence-corrected chi connectivity index (χ2v) is 8.52. The van der Waals surface area contributed by atoms with Gasteiger partial charge in [0.2, 0.25) is 0 Å². The van der Waals surface area contributed by atoms with Gasteiger partial charge in [0.15, 0.2) is 0 Å². The van der Waals surface area contributed by atoms with E-state index in [1.165, 1.54) is 11.1 Å². The smallest absolute Gasteiger partial charge is 0.263 e. The van der Waals surface area contributed by atoms with Crippen LogP contribution < -0.4 is 10.9 Å². The van der Waals surface area contributed by atoms with Gasteiger partial charge in [0.05, 0.1) is 13.2 Å². The van der Waals surface area contributed by atoms with Gasteiger partial charge in [0.25, 0.3) is 11.5 Å². The lowest BCUT2D eigenvalue weighted by atomic mass is 10.0. The topological polar surface area (TPSA) is 63.6 Å². The van der Waals surface area contributed by atoms with E-state index in [0.29, 0.717) is 19.5 Å². The Morgan fingerprint density at radius 3 is 2.41 bits per heavy atom. The van der Waals surface area contributed by atoms with Crippen molar-refractivity contribution in [3.05, 3.63) is 69.1 Å². The lowest BCUT2D eigenvalue weighted by Gasteiger charge is -2.26. The Kier molecular flexibility index (Phi) is 9.50. The first kappa shape index (κ1) is 24.2. The summed E-state index contributed by atoms with van der Waals surface area (Å²) in [5.74, 6) is -0.273. The Hall–Kier alpha value is -2.44. The van der Waals surface area contributed by atoms with Gasteiger partial charge in [0, 0.05) is 32.4 Å². The molecule has 0 unspecified atom stereocenters. The van der Waals surface area contributed by atoms with Gasteiger partial charge in [-0.1, -0.05) is 44.5 Å². The van der Waals surface area contributed by atoms with E-state index in [2.05, 4.69) is 48.3 Å². The molecule has 1 amide bonds. The van der Waals surface area contributed by atoms with Crippen molar-refractivity contribution >= 4 is 5.91 Å². The molecule has 0 bridgehead atoms. The number of aromatic nitrogens is 1. The lowest BCUT2D eigenvalue weighted by molar-refractivity contribution is 0.0374. The van der Waals surface area contributed by atoms with Crippen LogP contribution >= 0.6 is 0 Å². The molecule has 0 aliphatic carbocycles. The van der Waals surface area contributed by atoms with Gasteiger partial charge >= 0.3 is 0 Å². The number of hydrogen-bond acceptors (Lipinski definition) is 4. The molecule has 0 saturated carbocycles. The first-order valence-corrected chi connectivity index (χ1v) is 12.0. The minimum atomic E-state index is -0.273. The highest BCUT2D eigenvalue weighted by molar-refractivity contribution is 5.94. The van der Waals surface area contributed by atoms with Crippen LogP contribution in [0.4, 0.5) is 0 Å². The summed E-state index contributed by atoms with van der Waals surface area (Å²) >= 11 is 0. The maximum atomic E-state index is 13.0.